The van der Waals surface area contributed by atoms with Crippen LogP contribution in [0.15, 0.2) is 33.6 Å². The molecule has 0 saturated carbocycles. The quantitative estimate of drug-likeness (QED) is 0.941. The maximum absolute atomic E-state index is 8.80. The van der Waals surface area contributed by atoms with Crippen LogP contribution in [0.5, 0.6) is 0 Å². The smallest absolute Gasteiger partial charge is 0.100 e. The van der Waals surface area contributed by atoms with Crippen molar-refractivity contribution in [1.29, 1.82) is 5.26 Å². The molecule has 2 aromatic rings. The Morgan fingerprint density at radius 2 is 2.35 bits per heavy atom. The van der Waals surface area contributed by atoms with Crippen LogP contribution in [0.4, 0.5) is 5.69 Å². The summed E-state index contributed by atoms with van der Waals surface area (Å²) >= 11 is 4.98. The number of hydrogen-bond donors (Lipinski definition) is 1. The predicted molar refractivity (Wildman–Crippen MR) is 73.2 cm³/mol. The highest BCUT2D eigenvalue weighted by Gasteiger charge is 2.00. The van der Waals surface area contributed by atoms with Crippen LogP contribution >= 0.6 is 27.3 Å². The highest BCUT2D eigenvalue weighted by molar-refractivity contribution is 9.10. The molecule has 3 nitrogen and oxygen atoms in total. The highest BCUT2D eigenvalue weighted by Crippen LogP contribution is 2.20. The molecule has 1 N–H and O–H groups in total. The van der Waals surface area contributed by atoms with Crippen molar-refractivity contribution >= 4 is 33.0 Å². The monoisotopic (exact) mass is 307 g/mol. The van der Waals surface area contributed by atoms with Gasteiger partial charge in [0, 0.05) is 28.5 Å². The Bertz CT molecular complexity index is 531. The van der Waals surface area contributed by atoms with Gasteiger partial charge >= 0.3 is 0 Å². The molecule has 5 heteroatoms. The summed E-state index contributed by atoms with van der Waals surface area (Å²) in [5.74, 6) is 0. The Hall–Kier alpha value is -1.38. The van der Waals surface area contributed by atoms with Gasteiger partial charge in [-0.15, -0.1) is 11.3 Å². The predicted octanol–water partition coefficient (Wildman–Crippen LogP) is 3.43. The minimum absolute atomic E-state index is 0.648. The molecule has 1 heterocycles. The van der Waals surface area contributed by atoms with Gasteiger partial charge in [0.2, 0.25) is 0 Å². The van der Waals surface area contributed by atoms with Gasteiger partial charge in [-0.05, 0) is 34.1 Å². The number of nitrogens with one attached hydrogen (secondary N) is 1. The Balaban J connectivity index is 1.91. The molecular formula is C12H10BrN3S. The van der Waals surface area contributed by atoms with Crippen molar-refractivity contribution in [2.24, 2.45) is 0 Å². The molecule has 0 spiro atoms. The second-order valence-electron chi connectivity index (χ2n) is 3.46. The summed E-state index contributed by atoms with van der Waals surface area (Å²) in [5.41, 5.74) is 4.60. The zero-order chi connectivity index (χ0) is 12.1. The zero-order valence-corrected chi connectivity index (χ0v) is 11.4. The first-order chi connectivity index (χ1) is 8.29. The summed E-state index contributed by atoms with van der Waals surface area (Å²) in [6.45, 7) is 0.835. The fourth-order valence-corrected chi connectivity index (χ4v) is 2.47. The third-order valence-electron chi connectivity index (χ3n) is 2.28. The molecule has 0 unspecified atom stereocenters. The number of nitriles is 1. The SMILES string of the molecule is N#Cc1ccc(NCCc2cscn2)cc1Br. The number of thiazole rings is 1. The first kappa shape index (κ1) is 12.1. The second-order valence-corrected chi connectivity index (χ2v) is 5.04. The van der Waals surface area contributed by atoms with E-state index in [2.05, 4.69) is 37.7 Å². The lowest BCUT2D eigenvalue weighted by Gasteiger charge is -2.06. The third kappa shape index (κ3) is 3.29. The van der Waals surface area contributed by atoms with Crippen LogP contribution in [0.3, 0.4) is 0 Å². The van der Waals surface area contributed by atoms with E-state index in [-0.39, 0.29) is 0 Å². The molecule has 0 aliphatic carbocycles. The topological polar surface area (TPSA) is 48.7 Å². The molecule has 0 saturated heterocycles. The lowest BCUT2D eigenvalue weighted by atomic mass is 10.2. The fourth-order valence-electron chi connectivity index (χ4n) is 1.41. The van der Waals surface area contributed by atoms with E-state index >= 15 is 0 Å². The third-order valence-corrected chi connectivity index (χ3v) is 3.57. The van der Waals surface area contributed by atoms with Crippen molar-refractivity contribution in [1.82, 2.24) is 4.98 Å². The van der Waals surface area contributed by atoms with Crippen LogP contribution in [0, 0.1) is 11.3 Å². The fraction of sp³-hybridized carbons (Fsp3) is 0.167. The van der Waals surface area contributed by atoms with Crippen molar-refractivity contribution in [2.45, 2.75) is 6.42 Å². The second kappa shape index (κ2) is 5.80. The van der Waals surface area contributed by atoms with Crippen LogP contribution in [-0.4, -0.2) is 11.5 Å². The number of hydrogen-bond acceptors (Lipinski definition) is 4. The molecule has 0 radical (unpaired) electrons. The van der Waals surface area contributed by atoms with Crippen LogP contribution in [0.25, 0.3) is 0 Å². The summed E-state index contributed by atoms with van der Waals surface area (Å²) in [6.07, 6.45) is 0.904. The van der Waals surface area contributed by atoms with E-state index in [0.717, 1.165) is 28.8 Å². The first-order valence-corrected chi connectivity index (χ1v) is 6.84. The highest BCUT2D eigenvalue weighted by atomic mass is 79.9. The molecule has 0 amide bonds. The number of benzene rings is 1. The lowest BCUT2D eigenvalue weighted by Crippen LogP contribution is -2.05. The van der Waals surface area contributed by atoms with Crippen LogP contribution in [0.2, 0.25) is 0 Å². The normalized spacial score (nSPS) is 9.88. The Kier molecular flexibility index (Phi) is 4.13. The molecule has 2 rings (SSSR count). The van der Waals surface area contributed by atoms with Crippen molar-refractivity contribution < 1.29 is 0 Å². The molecule has 86 valence electrons. The van der Waals surface area contributed by atoms with Gasteiger partial charge in [0.1, 0.15) is 6.07 Å². The number of rotatable bonds is 4. The Labute approximate surface area is 112 Å². The largest absolute Gasteiger partial charge is 0.385 e. The number of halogens is 1. The minimum atomic E-state index is 0.648. The van der Waals surface area contributed by atoms with E-state index in [1.54, 1.807) is 17.4 Å². The standard InChI is InChI=1S/C12H10BrN3S/c13-12-5-10(2-1-9(12)6-14)15-4-3-11-7-17-8-16-11/h1-2,5,7-8,15H,3-4H2. The number of nitrogens with zero attached hydrogens (tertiary/aromatic N) is 2. The van der Waals surface area contributed by atoms with Gasteiger partial charge in [0.25, 0.3) is 0 Å². The van der Waals surface area contributed by atoms with Crippen molar-refractivity contribution in [3.8, 4) is 6.07 Å². The molecule has 0 bridgehead atoms. The molecular weight excluding hydrogens is 298 g/mol. The van der Waals surface area contributed by atoms with E-state index in [9.17, 15) is 0 Å². The van der Waals surface area contributed by atoms with E-state index in [4.69, 9.17) is 5.26 Å². The van der Waals surface area contributed by atoms with Gasteiger partial charge < -0.3 is 5.32 Å². The van der Waals surface area contributed by atoms with Gasteiger partial charge in [-0.2, -0.15) is 5.26 Å². The minimum Gasteiger partial charge on any atom is -0.385 e. The maximum atomic E-state index is 8.80. The van der Waals surface area contributed by atoms with Crippen LogP contribution in [0.1, 0.15) is 11.3 Å². The van der Waals surface area contributed by atoms with Gasteiger partial charge in [-0.3, -0.25) is 0 Å². The van der Waals surface area contributed by atoms with E-state index in [1.807, 2.05) is 17.6 Å². The summed E-state index contributed by atoms with van der Waals surface area (Å²) in [4.78, 5) is 4.22. The Morgan fingerprint density at radius 1 is 1.47 bits per heavy atom. The van der Waals surface area contributed by atoms with E-state index in [0.29, 0.717) is 5.56 Å². The molecule has 0 atom stereocenters. The molecule has 0 aliphatic rings. The number of anilines is 1. The van der Waals surface area contributed by atoms with Gasteiger partial charge in [0.05, 0.1) is 16.8 Å². The van der Waals surface area contributed by atoms with Gasteiger partial charge in [-0.25, -0.2) is 4.98 Å². The molecule has 0 aliphatic heterocycles. The maximum Gasteiger partial charge on any atom is 0.100 e. The lowest BCUT2D eigenvalue weighted by molar-refractivity contribution is 0.977. The molecule has 1 aromatic heterocycles. The van der Waals surface area contributed by atoms with Crippen molar-refractivity contribution in [3.63, 3.8) is 0 Å². The molecule has 17 heavy (non-hydrogen) atoms. The summed E-state index contributed by atoms with van der Waals surface area (Å²) in [5, 5.41) is 14.2. The Morgan fingerprint density at radius 3 is 3.00 bits per heavy atom. The van der Waals surface area contributed by atoms with Crippen LogP contribution in [-0.2, 0) is 6.42 Å². The first-order valence-electron chi connectivity index (χ1n) is 5.10. The van der Waals surface area contributed by atoms with Gasteiger partial charge in [-0.1, -0.05) is 0 Å². The average Bonchev–Trinajstić information content (AvgIpc) is 2.82. The van der Waals surface area contributed by atoms with Crippen molar-refractivity contribution in [2.75, 3.05) is 11.9 Å². The average molecular weight is 308 g/mol. The van der Waals surface area contributed by atoms with Gasteiger partial charge in [0.15, 0.2) is 0 Å². The van der Waals surface area contributed by atoms with E-state index < -0.39 is 0 Å². The zero-order valence-electron chi connectivity index (χ0n) is 8.98. The van der Waals surface area contributed by atoms with Crippen LogP contribution < -0.4 is 5.32 Å². The molecule has 0 fully saturated rings. The van der Waals surface area contributed by atoms with E-state index in [1.165, 1.54) is 0 Å². The number of aromatic nitrogens is 1. The molecule has 1 aromatic carbocycles. The summed E-state index contributed by atoms with van der Waals surface area (Å²) in [7, 11) is 0. The summed E-state index contributed by atoms with van der Waals surface area (Å²) < 4.78 is 0.818. The summed E-state index contributed by atoms with van der Waals surface area (Å²) in [6, 6.07) is 7.74. The van der Waals surface area contributed by atoms with Crippen molar-refractivity contribution in [3.05, 3.63) is 44.8 Å².